The fraction of sp³-hybridized carbons (Fsp3) is 0.438. The highest BCUT2D eigenvalue weighted by Crippen LogP contribution is 2.33. The summed E-state index contributed by atoms with van der Waals surface area (Å²) in [7, 11) is 3.91. The van der Waals surface area contributed by atoms with Crippen LogP contribution in [0.15, 0.2) is 59.8 Å². The molecule has 0 saturated heterocycles. The van der Waals surface area contributed by atoms with Crippen molar-refractivity contribution in [1.29, 1.82) is 0 Å². The Labute approximate surface area is 226 Å². The average Bonchev–Trinajstić information content (AvgIpc) is 2.82. The molecule has 0 aliphatic heterocycles. The summed E-state index contributed by atoms with van der Waals surface area (Å²) in [6.07, 6.45) is 6.31. The Morgan fingerprint density at radius 1 is 1.00 bits per heavy atom. The zero-order chi connectivity index (χ0) is 28.0. The number of aromatic nitrogens is 2. The maximum Gasteiger partial charge on any atom is 0.251 e. The van der Waals surface area contributed by atoms with Crippen molar-refractivity contribution in [1.82, 2.24) is 14.5 Å². The van der Waals surface area contributed by atoms with Gasteiger partial charge in [-0.25, -0.2) is 0 Å². The molecule has 1 aromatic carbocycles. The number of aryl methyl sites for hydroxylation is 2. The van der Waals surface area contributed by atoms with Crippen molar-refractivity contribution in [2.24, 2.45) is 5.92 Å². The predicted octanol–water partition coefficient (Wildman–Crippen LogP) is 5.90. The summed E-state index contributed by atoms with van der Waals surface area (Å²) in [5.74, 6) is -0.108. The van der Waals surface area contributed by atoms with Gasteiger partial charge >= 0.3 is 0 Å². The lowest BCUT2D eigenvalue weighted by Crippen LogP contribution is -2.31. The monoisotopic (exact) mass is 515 g/mol. The van der Waals surface area contributed by atoms with Crippen molar-refractivity contribution < 1.29 is 9.59 Å². The third-order valence-corrected chi connectivity index (χ3v) is 6.90. The van der Waals surface area contributed by atoms with Gasteiger partial charge in [0.15, 0.2) is 5.78 Å². The van der Waals surface area contributed by atoms with Crippen molar-refractivity contribution in [3.63, 3.8) is 0 Å². The van der Waals surface area contributed by atoms with E-state index in [2.05, 4.69) is 50.9 Å². The number of nitrogens with zero attached hydrogens (tertiary/aromatic N) is 3. The van der Waals surface area contributed by atoms with Crippen LogP contribution in [0.5, 0.6) is 0 Å². The molecule has 0 bridgehead atoms. The van der Waals surface area contributed by atoms with Crippen LogP contribution in [0, 0.1) is 19.8 Å². The van der Waals surface area contributed by atoms with Gasteiger partial charge in [-0.3, -0.25) is 14.6 Å². The molecule has 2 heterocycles. The Morgan fingerprint density at radius 3 is 2.26 bits per heavy atom. The number of ketones is 2. The van der Waals surface area contributed by atoms with Crippen LogP contribution in [0.3, 0.4) is 0 Å². The predicted molar refractivity (Wildman–Crippen MR) is 153 cm³/mol. The fourth-order valence-corrected chi connectivity index (χ4v) is 5.22. The summed E-state index contributed by atoms with van der Waals surface area (Å²) in [5, 5.41) is 0. The van der Waals surface area contributed by atoms with Gasteiger partial charge in [-0.1, -0.05) is 32.0 Å². The van der Waals surface area contributed by atoms with Gasteiger partial charge in [-0.15, -0.1) is 0 Å². The lowest BCUT2D eigenvalue weighted by atomic mass is 9.85. The lowest BCUT2D eigenvalue weighted by Gasteiger charge is -2.24. The summed E-state index contributed by atoms with van der Waals surface area (Å²) in [5.41, 5.74) is 6.00. The molecule has 0 unspecified atom stereocenters. The third kappa shape index (κ3) is 7.57. The normalized spacial score (nSPS) is 13.1. The second-order valence-corrected chi connectivity index (χ2v) is 11.2. The molecule has 202 valence electrons. The molecule has 0 aliphatic carbocycles. The number of carbonyl (C=O) groups is 2. The Hall–Kier alpha value is -3.38. The quantitative estimate of drug-likeness (QED) is 0.300. The molecule has 0 saturated carbocycles. The van der Waals surface area contributed by atoms with Crippen molar-refractivity contribution in [2.75, 3.05) is 14.1 Å². The highest BCUT2D eigenvalue weighted by Gasteiger charge is 2.27. The standard InChI is InChI=1S/C32H41N3O3/c1-21(2)13-29(35-12-11-25(15-31(35)38)20-34(6)7)30(37)17-26(14-24(5)36)27-16-28(19-33-18-27)32-22(3)9-8-10-23(32)4/h8-12,15-16,18-19,21,26,29H,13-14,17,20H2,1-7H3/t26-,29-/m1/s1. The minimum Gasteiger partial charge on any atom is -0.305 e. The van der Waals surface area contributed by atoms with Gasteiger partial charge in [0, 0.05) is 49.6 Å². The first-order valence-corrected chi connectivity index (χ1v) is 13.4. The molecule has 38 heavy (non-hydrogen) atoms. The molecule has 0 N–H and O–H groups in total. The molecule has 3 aromatic rings. The summed E-state index contributed by atoms with van der Waals surface area (Å²) in [4.78, 5) is 45.7. The van der Waals surface area contributed by atoms with Crippen molar-refractivity contribution >= 4 is 11.6 Å². The van der Waals surface area contributed by atoms with E-state index in [1.165, 1.54) is 0 Å². The second-order valence-electron chi connectivity index (χ2n) is 11.2. The van der Waals surface area contributed by atoms with Crippen LogP contribution in [0.4, 0.5) is 0 Å². The second kappa shape index (κ2) is 12.9. The average molecular weight is 516 g/mol. The molecule has 0 spiro atoms. The van der Waals surface area contributed by atoms with Gasteiger partial charge in [-0.2, -0.15) is 0 Å². The van der Waals surface area contributed by atoms with Crippen LogP contribution < -0.4 is 5.56 Å². The van der Waals surface area contributed by atoms with Gasteiger partial charge < -0.3 is 14.3 Å². The Kier molecular flexibility index (Phi) is 9.92. The molecular formula is C32H41N3O3. The van der Waals surface area contributed by atoms with Crippen molar-refractivity contribution in [3.05, 3.63) is 87.6 Å². The molecule has 0 aliphatic rings. The van der Waals surface area contributed by atoms with Crippen LogP contribution in [-0.2, 0) is 16.1 Å². The van der Waals surface area contributed by atoms with Crippen LogP contribution >= 0.6 is 0 Å². The van der Waals surface area contributed by atoms with Gasteiger partial charge in [0.05, 0.1) is 6.04 Å². The van der Waals surface area contributed by atoms with Gasteiger partial charge in [-0.05, 0) is 93.1 Å². The maximum atomic E-state index is 13.8. The summed E-state index contributed by atoms with van der Waals surface area (Å²) in [6, 6.07) is 11.2. The largest absolute Gasteiger partial charge is 0.305 e. The lowest BCUT2D eigenvalue weighted by molar-refractivity contribution is -0.123. The topological polar surface area (TPSA) is 72.3 Å². The number of hydrogen-bond donors (Lipinski definition) is 0. The van der Waals surface area contributed by atoms with E-state index >= 15 is 0 Å². The summed E-state index contributed by atoms with van der Waals surface area (Å²) in [6.45, 7) is 10.5. The number of rotatable bonds is 12. The highest BCUT2D eigenvalue weighted by molar-refractivity contribution is 5.85. The van der Waals surface area contributed by atoms with E-state index in [1.807, 2.05) is 37.3 Å². The molecule has 2 atom stereocenters. The third-order valence-electron chi connectivity index (χ3n) is 6.90. The van der Waals surface area contributed by atoms with E-state index in [0.717, 1.165) is 33.4 Å². The smallest absolute Gasteiger partial charge is 0.251 e. The Bertz CT molecular complexity index is 1320. The van der Waals surface area contributed by atoms with E-state index in [4.69, 9.17) is 0 Å². The van der Waals surface area contributed by atoms with E-state index in [0.29, 0.717) is 13.0 Å². The molecule has 3 rings (SSSR count). The fourth-order valence-electron chi connectivity index (χ4n) is 5.22. The van der Waals surface area contributed by atoms with Crippen LogP contribution in [0.1, 0.15) is 74.2 Å². The Balaban J connectivity index is 1.96. The first kappa shape index (κ1) is 29.2. The van der Waals surface area contributed by atoms with E-state index in [1.54, 1.807) is 30.0 Å². The van der Waals surface area contributed by atoms with Crippen molar-refractivity contribution in [3.8, 4) is 11.1 Å². The zero-order valence-corrected chi connectivity index (χ0v) is 23.8. The molecule has 0 fully saturated rings. The molecule has 2 aromatic heterocycles. The van der Waals surface area contributed by atoms with Crippen molar-refractivity contribution in [2.45, 2.75) is 72.4 Å². The number of pyridine rings is 2. The van der Waals surface area contributed by atoms with E-state index in [9.17, 15) is 14.4 Å². The number of carbonyl (C=O) groups excluding carboxylic acids is 2. The van der Waals surface area contributed by atoms with E-state index < -0.39 is 6.04 Å². The zero-order valence-electron chi connectivity index (χ0n) is 23.8. The van der Waals surface area contributed by atoms with E-state index in [-0.39, 0.29) is 41.8 Å². The van der Waals surface area contributed by atoms with Gasteiger partial charge in [0.25, 0.3) is 5.56 Å². The van der Waals surface area contributed by atoms with Crippen LogP contribution in [0.25, 0.3) is 11.1 Å². The number of Topliss-reactive ketones (excluding diaryl/α,β-unsaturated/α-hetero) is 2. The first-order chi connectivity index (χ1) is 18.0. The summed E-state index contributed by atoms with van der Waals surface area (Å²) >= 11 is 0. The number of benzene rings is 1. The number of hydrogen-bond acceptors (Lipinski definition) is 5. The summed E-state index contributed by atoms with van der Waals surface area (Å²) < 4.78 is 1.57. The first-order valence-electron chi connectivity index (χ1n) is 13.4. The van der Waals surface area contributed by atoms with Crippen LogP contribution in [0.2, 0.25) is 0 Å². The Morgan fingerprint density at radius 2 is 1.68 bits per heavy atom. The minimum atomic E-state index is -0.583. The van der Waals surface area contributed by atoms with Gasteiger partial charge in [0.1, 0.15) is 5.78 Å². The molecule has 6 nitrogen and oxygen atoms in total. The molecule has 0 radical (unpaired) electrons. The SMILES string of the molecule is CC(=O)C[C@H](CC(=O)[C@@H](CC(C)C)n1ccc(CN(C)C)cc1=O)c1cncc(-c2c(C)cccc2C)c1. The molecule has 6 heteroatoms. The molecular weight excluding hydrogens is 474 g/mol. The maximum absolute atomic E-state index is 13.8. The minimum absolute atomic E-state index is 0.0193. The highest BCUT2D eigenvalue weighted by atomic mass is 16.1. The molecule has 0 amide bonds. The van der Waals surface area contributed by atoms with Gasteiger partial charge in [0.2, 0.25) is 0 Å². The van der Waals surface area contributed by atoms with Crippen LogP contribution in [-0.4, -0.2) is 40.1 Å².